The Morgan fingerprint density at radius 2 is 1.47 bits per heavy atom. The van der Waals surface area contributed by atoms with Gasteiger partial charge in [0.05, 0.1) is 19.8 Å². The molecule has 0 heterocycles. The molecule has 1 unspecified atom stereocenters. The van der Waals surface area contributed by atoms with Gasteiger partial charge in [-0.1, -0.05) is 91.0 Å². The van der Waals surface area contributed by atoms with Crippen LogP contribution in [0.15, 0.2) is 97.1 Å². The van der Waals surface area contributed by atoms with Crippen molar-refractivity contribution in [2.75, 3.05) is 26.1 Å². The predicted octanol–water partition coefficient (Wildman–Crippen LogP) is 5.79. The van der Waals surface area contributed by atoms with E-state index in [0.717, 1.165) is 33.2 Å². The van der Waals surface area contributed by atoms with E-state index in [4.69, 9.17) is 9.47 Å². The smallest absolute Gasteiger partial charge is 0.343 e. The van der Waals surface area contributed by atoms with Crippen molar-refractivity contribution in [1.29, 1.82) is 0 Å². The molecule has 36 heavy (non-hydrogen) atoms. The summed E-state index contributed by atoms with van der Waals surface area (Å²) in [5, 5.41) is 12.7. The van der Waals surface area contributed by atoms with E-state index in [9.17, 15) is 9.90 Å². The lowest BCUT2D eigenvalue weighted by Gasteiger charge is -2.21. The molecule has 4 aromatic rings. The number of fused-ring (bicyclic) bond motifs is 1. The third-order valence-corrected chi connectivity index (χ3v) is 6.91. The van der Waals surface area contributed by atoms with Crippen molar-refractivity contribution >= 4 is 28.5 Å². The Morgan fingerprint density at radius 1 is 0.833 bits per heavy atom. The predicted molar refractivity (Wildman–Crippen MR) is 144 cm³/mol. The minimum Gasteiger partial charge on any atom is -0.481 e. The molecule has 0 saturated heterocycles. The highest BCUT2D eigenvalue weighted by molar-refractivity contribution is 7.98. The van der Waals surface area contributed by atoms with Gasteiger partial charge >= 0.3 is 5.97 Å². The van der Waals surface area contributed by atoms with Crippen LogP contribution in [0.1, 0.15) is 22.8 Å². The summed E-state index contributed by atoms with van der Waals surface area (Å²) >= 11 is 1.66. The normalized spacial score (nSPS) is 12.0. The maximum absolute atomic E-state index is 11.5. The van der Waals surface area contributed by atoms with E-state index < -0.39 is 12.1 Å². The first-order chi connectivity index (χ1) is 17.7. The number of methoxy groups -OCH3 is 1. The number of aliphatic hydroxyl groups excluding tert-OH is 1. The number of hydrogen-bond acceptors (Lipinski definition) is 6. The van der Waals surface area contributed by atoms with Crippen LogP contribution in [0.4, 0.5) is 0 Å². The molecule has 0 aliphatic heterocycles. The average Bonchev–Trinajstić information content (AvgIpc) is 2.93. The maximum atomic E-state index is 11.5. The van der Waals surface area contributed by atoms with Crippen molar-refractivity contribution in [2.24, 2.45) is 0 Å². The number of hydrogen-bond donors (Lipinski definition) is 1. The molecular weight excluding hydrogens is 472 g/mol. The molecule has 0 radical (unpaired) electrons. The van der Waals surface area contributed by atoms with Gasteiger partial charge in [0.1, 0.15) is 11.9 Å². The van der Waals surface area contributed by atoms with Crippen LogP contribution >= 0.6 is 11.8 Å². The Morgan fingerprint density at radius 3 is 2.14 bits per heavy atom. The van der Waals surface area contributed by atoms with Gasteiger partial charge < -0.3 is 19.3 Å². The number of carbonyl (C=O) groups is 1. The highest BCUT2D eigenvalue weighted by atomic mass is 32.2. The highest BCUT2D eigenvalue weighted by Crippen LogP contribution is 2.30. The number of benzene rings is 4. The first-order valence-corrected chi connectivity index (χ1v) is 13.0. The van der Waals surface area contributed by atoms with Crippen molar-refractivity contribution in [2.45, 2.75) is 18.0 Å². The highest BCUT2D eigenvalue weighted by Gasteiger charge is 2.17. The fourth-order valence-electron chi connectivity index (χ4n) is 3.99. The van der Waals surface area contributed by atoms with Gasteiger partial charge in [-0.3, -0.25) is 0 Å². The summed E-state index contributed by atoms with van der Waals surface area (Å²) in [6.07, 6.45) is -0.827. The third-order valence-electron chi connectivity index (χ3n) is 5.77. The number of rotatable bonds is 12. The number of esters is 1. The van der Waals surface area contributed by atoms with Crippen LogP contribution in [0.2, 0.25) is 0 Å². The van der Waals surface area contributed by atoms with Gasteiger partial charge in [-0.25, -0.2) is 4.79 Å². The van der Waals surface area contributed by atoms with E-state index in [1.54, 1.807) is 11.8 Å². The molecule has 5 nitrogen and oxygen atoms in total. The fourth-order valence-corrected chi connectivity index (χ4v) is 4.95. The molecule has 0 aliphatic carbocycles. The Labute approximate surface area is 216 Å². The minimum absolute atomic E-state index is 0.131. The maximum Gasteiger partial charge on any atom is 0.343 e. The summed E-state index contributed by atoms with van der Waals surface area (Å²) in [6.45, 7) is 0.107. The molecule has 0 bridgehead atoms. The fraction of sp³-hybridized carbons (Fsp3) is 0.233. The van der Waals surface area contributed by atoms with Gasteiger partial charge in [0, 0.05) is 16.9 Å². The summed E-state index contributed by atoms with van der Waals surface area (Å²) < 4.78 is 16.5. The Kier molecular flexibility index (Phi) is 9.39. The van der Waals surface area contributed by atoms with Gasteiger partial charge in [0.15, 0.2) is 6.61 Å². The third kappa shape index (κ3) is 6.88. The van der Waals surface area contributed by atoms with Gasteiger partial charge in [0.25, 0.3) is 0 Å². The Hall–Kier alpha value is -3.32. The number of aliphatic hydroxyl groups is 1. The zero-order chi connectivity index (χ0) is 25.2. The molecule has 4 rings (SSSR count). The van der Waals surface area contributed by atoms with Gasteiger partial charge in [-0.15, -0.1) is 0 Å². The topological polar surface area (TPSA) is 65.0 Å². The summed E-state index contributed by atoms with van der Waals surface area (Å²) in [7, 11) is 1.34. The molecule has 186 valence electrons. The van der Waals surface area contributed by atoms with Crippen molar-refractivity contribution in [3.05, 3.63) is 114 Å². The molecular formula is C30H30O5S. The van der Waals surface area contributed by atoms with Gasteiger partial charge in [0.2, 0.25) is 0 Å². The van der Waals surface area contributed by atoms with Crippen LogP contribution < -0.4 is 4.74 Å². The Balaban J connectivity index is 1.35. The second-order valence-electron chi connectivity index (χ2n) is 8.34. The lowest BCUT2D eigenvalue weighted by atomic mass is 10.0. The molecule has 0 aromatic heterocycles. The molecule has 1 atom stereocenters. The summed E-state index contributed by atoms with van der Waals surface area (Å²) in [4.78, 5) is 11.5. The van der Waals surface area contributed by atoms with Gasteiger partial charge in [-0.2, -0.15) is 11.8 Å². The molecule has 0 amide bonds. The van der Waals surface area contributed by atoms with Crippen LogP contribution in [0, 0.1) is 0 Å². The number of carbonyl (C=O) groups excluding carboxylic acids is 1. The molecule has 6 heteroatoms. The van der Waals surface area contributed by atoms with E-state index in [1.807, 2.05) is 91.0 Å². The van der Waals surface area contributed by atoms with E-state index in [0.29, 0.717) is 11.5 Å². The zero-order valence-electron chi connectivity index (χ0n) is 20.2. The largest absolute Gasteiger partial charge is 0.481 e. The number of ether oxygens (including phenoxy) is 3. The van der Waals surface area contributed by atoms with E-state index in [2.05, 4.69) is 10.8 Å². The SMILES string of the molecule is COC(=O)COc1cccc2c(CSCC(O)COC(c3ccccc3)c3ccccc3)cccc12. The van der Waals surface area contributed by atoms with Crippen LogP contribution in [0.25, 0.3) is 10.8 Å². The second kappa shape index (κ2) is 13.1. The van der Waals surface area contributed by atoms with Crippen LogP contribution in [-0.2, 0) is 20.0 Å². The first kappa shape index (κ1) is 25.8. The summed E-state index contributed by atoms with van der Waals surface area (Å²) in [5.74, 6) is 1.50. The first-order valence-electron chi connectivity index (χ1n) is 11.8. The summed E-state index contributed by atoms with van der Waals surface area (Å²) in [5.41, 5.74) is 3.26. The Bertz CT molecular complexity index is 1210. The van der Waals surface area contributed by atoms with Crippen LogP contribution in [0.3, 0.4) is 0 Å². The van der Waals surface area contributed by atoms with Crippen LogP contribution in [-0.4, -0.2) is 43.3 Å². The van der Waals surface area contributed by atoms with Crippen molar-refractivity contribution in [1.82, 2.24) is 0 Å². The van der Waals surface area contributed by atoms with Crippen molar-refractivity contribution < 1.29 is 24.1 Å². The zero-order valence-corrected chi connectivity index (χ0v) is 21.0. The van der Waals surface area contributed by atoms with E-state index in [1.165, 1.54) is 7.11 Å². The van der Waals surface area contributed by atoms with E-state index >= 15 is 0 Å². The van der Waals surface area contributed by atoms with E-state index in [-0.39, 0.29) is 19.3 Å². The second-order valence-corrected chi connectivity index (χ2v) is 9.37. The molecule has 0 saturated carbocycles. The molecule has 1 N–H and O–H groups in total. The summed E-state index contributed by atoms with van der Waals surface area (Å²) in [6, 6.07) is 32.0. The molecule has 4 aromatic carbocycles. The monoisotopic (exact) mass is 502 g/mol. The molecule has 0 fully saturated rings. The average molecular weight is 503 g/mol. The quantitative estimate of drug-likeness (QED) is 0.247. The van der Waals surface area contributed by atoms with Gasteiger partial charge in [-0.05, 0) is 28.1 Å². The lowest BCUT2D eigenvalue weighted by Crippen LogP contribution is -2.20. The molecule has 0 aliphatic rings. The lowest BCUT2D eigenvalue weighted by molar-refractivity contribution is -0.142. The molecule has 0 spiro atoms. The van der Waals surface area contributed by atoms with Crippen LogP contribution in [0.5, 0.6) is 5.75 Å². The minimum atomic E-state index is -0.598. The number of thioether (sulfide) groups is 1. The van der Waals surface area contributed by atoms with Crippen molar-refractivity contribution in [3.63, 3.8) is 0 Å². The van der Waals surface area contributed by atoms with Crippen molar-refractivity contribution in [3.8, 4) is 5.75 Å². The standard InChI is InChI=1S/C30H30O5S/c1-33-29(32)19-34-28-17-9-15-26-24(14-8-16-27(26)28)20-36-21-25(31)18-35-30(22-10-4-2-5-11-22)23-12-6-3-7-13-23/h2-17,25,30-31H,18-21H2,1H3.